The lowest BCUT2D eigenvalue weighted by Gasteiger charge is -2.61. The molecule has 0 spiro atoms. The summed E-state index contributed by atoms with van der Waals surface area (Å²) >= 11 is 0. The number of hydrogen-bond acceptors (Lipinski definition) is 3. The van der Waals surface area contributed by atoms with Gasteiger partial charge in [-0.1, -0.05) is 41.5 Å². The molecule has 3 heteroatoms. The topological polar surface area (TPSA) is 60.7 Å². The van der Waals surface area contributed by atoms with Crippen molar-refractivity contribution < 1.29 is 15.3 Å². The van der Waals surface area contributed by atoms with Crippen LogP contribution in [-0.2, 0) is 0 Å². The fourth-order valence-corrected chi connectivity index (χ4v) is 9.39. The third kappa shape index (κ3) is 3.83. The Labute approximate surface area is 191 Å². The standard InChI is InChI=1S/C28H50O3/c1-16(2)17(3)25(30)26(31)18(4)22-9-10-23-21-8-7-19-15-20(29)11-13-27(19,5)24(21)12-14-28(22,23)6/h16-26,29-31H,7-15H2,1-6H3/t17-,18-,19-,20?,21-,22+,23-,24-,25+,26+,27-,28+/m0/s1. The summed E-state index contributed by atoms with van der Waals surface area (Å²) in [7, 11) is 0. The highest BCUT2D eigenvalue weighted by Gasteiger charge is 2.61. The zero-order valence-corrected chi connectivity index (χ0v) is 21.1. The van der Waals surface area contributed by atoms with Crippen LogP contribution in [0.15, 0.2) is 0 Å². The summed E-state index contributed by atoms with van der Waals surface area (Å²) in [6, 6.07) is 0. The van der Waals surface area contributed by atoms with Gasteiger partial charge in [0.05, 0.1) is 18.3 Å². The Morgan fingerprint density at radius 3 is 2.06 bits per heavy atom. The van der Waals surface area contributed by atoms with Gasteiger partial charge in [-0.05, 0) is 116 Å². The Balaban J connectivity index is 1.51. The molecule has 0 aliphatic heterocycles. The van der Waals surface area contributed by atoms with E-state index in [4.69, 9.17) is 0 Å². The second-order valence-corrected chi connectivity index (χ2v) is 13.3. The van der Waals surface area contributed by atoms with Crippen molar-refractivity contribution in [2.24, 2.45) is 58.2 Å². The van der Waals surface area contributed by atoms with Crippen LogP contribution >= 0.6 is 0 Å². The molecule has 3 N–H and O–H groups in total. The molecule has 180 valence electrons. The van der Waals surface area contributed by atoms with E-state index in [1.54, 1.807) is 0 Å². The molecule has 0 amide bonds. The van der Waals surface area contributed by atoms with Gasteiger partial charge < -0.3 is 15.3 Å². The summed E-state index contributed by atoms with van der Waals surface area (Å²) in [5, 5.41) is 32.3. The average molecular weight is 435 g/mol. The highest BCUT2D eigenvalue weighted by Crippen LogP contribution is 2.68. The molecule has 3 nitrogen and oxygen atoms in total. The highest BCUT2D eigenvalue weighted by atomic mass is 16.3. The van der Waals surface area contributed by atoms with Crippen molar-refractivity contribution in [3.63, 3.8) is 0 Å². The van der Waals surface area contributed by atoms with Crippen molar-refractivity contribution in [1.29, 1.82) is 0 Å². The van der Waals surface area contributed by atoms with Gasteiger partial charge >= 0.3 is 0 Å². The third-order valence-corrected chi connectivity index (χ3v) is 11.8. The molecule has 31 heavy (non-hydrogen) atoms. The molecule has 0 bridgehead atoms. The van der Waals surface area contributed by atoms with Gasteiger partial charge in [0.25, 0.3) is 0 Å². The zero-order valence-electron chi connectivity index (χ0n) is 21.1. The number of hydrogen-bond donors (Lipinski definition) is 3. The maximum Gasteiger partial charge on any atom is 0.0830 e. The Hall–Kier alpha value is -0.120. The van der Waals surface area contributed by atoms with Crippen molar-refractivity contribution in [3.05, 3.63) is 0 Å². The lowest BCUT2D eigenvalue weighted by Crippen LogP contribution is -2.54. The average Bonchev–Trinajstić information content (AvgIpc) is 3.09. The van der Waals surface area contributed by atoms with Crippen LogP contribution in [0.5, 0.6) is 0 Å². The first-order valence-electron chi connectivity index (χ1n) is 13.5. The van der Waals surface area contributed by atoms with Crippen molar-refractivity contribution in [2.75, 3.05) is 0 Å². The first kappa shape index (κ1) is 24.0. The van der Waals surface area contributed by atoms with Crippen LogP contribution in [0, 0.1) is 58.2 Å². The van der Waals surface area contributed by atoms with Gasteiger partial charge in [-0.15, -0.1) is 0 Å². The van der Waals surface area contributed by atoms with E-state index in [9.17, 15) is 15.3 Å². The van der Waals surface area contributed by atoms with Crippen LogP contribution in [0.2, 0.25) is 0 Å². The molecule has 4 fully saturated rings. The fraction of sp³-hybridized carbons (Fsp3) is 1.00. The molecule has 0 radical (unpaired) electrons. The highest BCUT2D eigenvalue weighted by molar-refractivity contribution is 5.10. The molecule has 0 saturated heterocycles. The van der Waals surface area contributed by atoms with Crippen LogP contribution in [0.4, 0.5) is 0 Å². The van der Waals surface area contributed by atoms with Crippen molar-refractivity contribution in [1.82, 2.24) is 0 Å². The Bertz CT molecular complexity index is 634. The molecule has 4 aliphatic rings. The molecule has 0 aromatic carbocycles. The quantitative estimate of drug-likeness (QED) is 0.523. The summed E-state index contributed by atoms with van der Waals surface area (Å²) in [5.74, 6) is 4.30. The van der Waals surface area contributed by atoms with Gasteiger partial charge in [0.1, 0.15) is 0 Å². The van der Waals surface area contributed by atoms with E-state index in [0.717, 1.165) is 30.6 Å². The number of aliphatic hydroxyl groups excluding tert-OH is 3. The smallest absolute Gasteiger partial charge is 0.0830 e. The number of aliphatic hydroxyl groups is 3. The van der Waals surface area contributed by atoms with Crippen molar-refractivity contribution in [2.45, 2.75) is 118 Å². The zero-order chi connectivity index (χ0) is 22.7. The molecule has 0 heterocycles. The molecule has 4 saturated carbocycles. The van der Waals surface area contributed by atoms with Gasteiger partial charge in [0.15, 0.2) is 0 Å². The Morgan fingerprint density at radius 1 is 0.742 bits per heavy atom. The van der Waals surface area contributed by atoms with Gasteiger partial charge in [-0.3, -0.25) is 0 Å². The molecule has 0 aromatic rings. The minimum absolute atomic E-state index is 0.0682. The van der Waals surface area contributed by atoms with Crippen LogP contribution in [0.3, 0.4) is 0 Å². The summed E-state index contributed by atoms with van der Waals surface area (Å²) < 4.78 is 0. The predicted octanol–water partition coefficient (Wildman–Crippen LogP) is 5.66. The molecule has 4 aliphatic carbocycles. The summed E-state index contributed by atoms with van der Waals surface area (Å²) in [5.41, 5.74) is 0.731. The third-order valence-electron chi connectivity index (χ3n) is 11.8. The molecule has 0 aromatic heterocycles. The van der Waals surface area contributed by atoms with Crippen LogP contribution in [0.1, 0.15) is 99.3 Å². The van der Waals surface area contributed by atoms with Crippen LogP contribution < -0.4 is 0 Å². The Kier molecular flexibility index (Phi) is 6.65. The monoisotopic (exact) mass is 434 g/mol. The molecule has 12 atom stereocenters. The van der Waals surface area contributed by atoms with Gasteiger partial charge in [0, 0.05) is 0 Å². The van der Waals surface area contributed by atoms with Gasteiger partial charge in [-0.2, -0.15) is 0 Å². The van der Waals surface area contributed by atoms with Gasteiger partial charge in [-0.25, -0.2) is 0 Å². The normalized spacial score (nSPS) is 49.0. The maximum absolute atomic E-state index is 11.1. The fourth-order valence-electron chi connectivity index (χ4n) is 9.39. The second kappa shape index (κ2) is 8.58. The summed E-state index contributed by atoms with van der Waals surface area (Å²) in [6.07, 6.45) is 9.68. The lowest BCUT2D eigenvalue weighted by atomic mass is 9.44. The molecule has 4 rings (SSSR count). The first-order chi connectivity index (χ1) is 14.5. The minimum atomic E-state index is -0.628. The van der Waals surface area contributed by atoms with E-state index in [2.05, 4.69) is 41.5 Å². The van der Waals surface area contributed by atoms with Crippen molar-refractivity contribution in [3.8, 4) is 0 Å². The maximum atomic E-state index is 11.1. The molecular weight excluding hydrogens is 384 g/mol. The lowest BCUT2D eigenvalue weighted by molar-refractivity contribution is -0.136. The molecular formula is C28H50O3. The van der Waals surface area contributed by atoms with E-state index in [1.165, 1.54) is 44.9 Å². The summed E-state index contributed by atoms with van der Waals surface area (Å²) in [6.45, 7) is 13.7. The SMILES string of the molecule is CC(C)[C@H](C)[C@@H](O)[C@H](O)[C@@H](C)[C@H]1CC[C@H]2[C@@H]3CC[C@H]4CC(O)CC[C@]4(C)[C@H]3CC[C@]12C. The number of rotatable bonds is 5. The Morgan fingerprint density at radius 2 is 1.39 bits per heavy atom. The van der Waals surface area contributed by atoms with Crippen LogP contribution in [-0.4, -0.2) is 33.6 Å². The number of fused-ring (bicyclic) bond motifs is 5. The van der Waals surface area contributed by atoms with Crippen molar-refractivity contribution >= 4 is 0 Å². The summed E-state index contributed by atoms with van der Waals surface area (Å²) in [4.78, 5) is 0. The largest absolute Gasteiger partial charge is 0.393 e. The van der Waals surface area contributed by atoms with E-state index in [1.807, 2.05) is 0 Å². The second-order valence-electron chi connectivity index (χ2n) is 13.3. The predicted molar refractivity (Wildman–Crippen MR) is 126 cm³/mol. The van der Waals surface area contributed by atoms with Gasteiger partial charge in [0.2, 0.25) is 0 Å². The van der Waals surface area contributed by atoms with E-state index < -0.39 is 12.2 Å². The van der Waals surface area contributed by atoms with E-state index in [-0.39, 0.29) is 17.9 Å². The first-order valence-corrected chi connectivity index (χ1v) is 13.5. The van der Waals surface area contributed by atoms with E-state index in [0.29, 0.717) is 28.6 Å². The van der Waals surface area contributed by atoms with E-state index >= 15 is 0 Å². The minimum Gasteiger partial charge on any atom is -0.393 e. The molecule has 1 unspecified atom stereocenters. The van der Waals surface area contributed by atoms with Crippen LogP contribution in [0.25, 0.3) is 0 Å².